The van der Waals surface area contributed by atoms with E-state index in [1.165, 1.54) is 0 Å². The fraction of sp³-hybridized carbons (Fsp3) is 1.00. The molecule has 0 atom stereocenters. The lowest BCUT2D eigenvalue weighted by atomic mass is 12.0. The van der Waals surface area contributed by atoms with Crippen LogP contribution in [-0.2, 0) is 0 Å². The van der Waals surface area contributed by atoms with Crippen molar-refractivity contribution >= 4 is 0 Å². The van der Waals surface area contributed by atoms with Crippen LogP contribution in [0.2, 0.25) is 22.6 Å². The molecule has 0 aromatic rings. The van der Waals surface area contributed by atoms with Gasteiger partial charge in [-0.2, -0.15) is 0 Å². The van der Waals surface area contributed by atoms with Gasteiger partial charge >= 0.3 is 0 Å². The molecule has 0 rings (SSSR count). The van der Waals surface area contributed by atoms with Gasteiger partial charge in [0.05, 0.1) is 0 Å². The third-order valence-corrected chi connectivity index (χ3v) is 0. The molecule has 16 nitrogen and oxygen atoms in total. The minimum Gasteiger partial charge on any atom is -0.344 e. The van der Waals surface area contributed by atoms with Crippen molar-refractivity contribution in [2.24, 2.45) is 0 Å². The molecule has 48 N–H and O–H groups in total. The molecule has 0 aliphatic heterocycles. The van der Waals surface area contributed by atoms with Gasteiger partial charge in [0.25, 0.3) is 0 Å². The largest absolute Gasteiger partial charge is 0.344 e. The summed E-state index contributed by atoms with van der Waals surface area (Å²) in [5.74, 6) is 0. The summed E-state index contributed by atoms with van der Waals surface area (Å²) in [7, 11) is 0. The average molecular weight is 305 g/mol. The molecule has 0 heterocycles. The molecule has 17 heavy (non-hydrogen) atoms. The van der Waals surface area contributed by atoms with Crippen LogP contribution in [-0.4, -0.2) is 0 Å². The molecule has 0 bridgehead atoms. The first-order chi connectivity index (χ1) is 16.0. The molecule has 0 aromatic heterocycles. The third-order valence-electron chi connectivity index (χ3n) is 0. The van der Waals surface area contributed by atoms with Crippen LogP contribution >= 0.6 is 0 Å². The maximum absolute atomic E-state index is 5.25. The lowest BCUT2D eigenvalue weighted by Gasteiger charge is -0.345. The van der Waals surface area contributed by atoms with Crippen LogP contribution in [0.15, 0.2) is 0 Å². The van der Waals surface area contributed by atoms with Crippen LogP contribution in [0.25, 0.3) is 0 Å². The van der Waals surface area contributed by atoms with Gasteiger partial charge in [0, 0.05) is 0 Å². The van der Waals surface area contributed by atoms with Gasteiger partial charge in [-0.1, -0.05) is 7.43 Å². The Morgan fingerprint density at radius 1 is 0.235 bits per heavy atom. The summed E-state index contributed by atoms with van der Waals surface area (Å²) in [5, 5.41) is 0. The van der Waals surface area contributed by atoms with Gasteiger partial charge in [0.1, 0.15) is 22.6 Å². The molecule has 16 heteroatoms. The zero-order valence-electron chi connectivity index (χ0n) is 25.2. The molecule has 0 amide bonds. The monoisotopic (exact) mass is 305 g/mol. The van der Waals surface area contributed by atoms with Gasteiger partial charge in [-0.25, -0.2) is 0 Å². The SMILES string of the molecule is C.[2H]N.[2H]N.[2H]N.[2H]N.[2H]N.[2H]N.[2H]N.[2H]N.[2H]N.[2H]N.[2H]N.[2H]N.[2H]N.[2H]N.[2H]N.[2H]N. The second-order valence-corrected chi connectivity index (χ2v) is 0. The van der Waals surface area contributed by atoms with E-state index in [2.05, 4.69) is 98.3 Å². The molecule has 136 valence electrons. The van der Waals surface area contributed by atoms with Crippen LogP contribution in [0.4, 0.5) is 0 Å². The van der Waals surface area contributed by atoms with E-state index in [-0.39, 0.29) is 7.43 Å². The van der Waals surface area contributed by atoms with Crippen molar-refractivity contribution in [3.63, 3.8) is 0 Å². The minimum absolute atomic E-state index is 0. The molecule has 0 aromatic carbocycles. The minimum atomic E-state index is 0. The van der Waals surface area contributed by atoms with Crippen molar-refractivity contribution in [1.82, 2.24) is 98.3 Å². The van der Waals surface area contributed by atoms with Crippen LogP contribution in [0.5, 0.6) is 0 Å². The number of hydrogen-bond donors (Lipinski definition) is 16. The molecular weight excluding hydrogens is 236 g/mol. The fourth-order valence-corrected chi connectivity index (χ4v) is 0. The predicted molar refractivity (Wildman–Crippen MR) is 87.1 cm³/mol. The average Bonchev–Trinajstić information content (AvgIpc) is 3.05. The lowest BCUT2D eigenvalue weighted by molar-refractivity contribution is 2.13. The summed E-state index contributed by atoms with van der Waals surface area (Å²) >= 11 is 0. The highest BCUT2D eigenvalue weighted by molar-refractivity contribution is 2.50. The van der Waals surface area contributed by atoms with E-state index in [9.17, 15) is 0 Å². The van der Waals surface area contributed by atoms with Gasteiger partial charge in [0.15, 0.2) is 0 Å². The Morgan fingerprint density at radius 2 is 0.235 bits per heavy atom. The standard InChI is InChI=1S/CH4.16H3N/h1H4;16*1H3/i/hD16. The summed E-state index contributed by atoms with van der Waals surface area (Å²) in [6.45, 7) is 0. The summed E-state index contributed by atoms with van der Waals surface area (Å²) in [6.07, 6.45) is 60.0. The Kier molecular flexibility index (Phi) is 7440. The quantitative estimate of drug-likeness (QED) is 0.304. The number of hydrogen-bond acceptors (Lipinski definition) is 16. The second kappa shape index (κ2) is 7730. The van der Waals surface area contributed by atoms with Gasteiger partial charge < -0.3 is 98.3 Å². The van der Waals surface area contributed by atoms with Gasteiger partial charge in [0.2, 0.25) is 0 Å². The van der Waals surface area contributed by atoms with E-state index in [1.807, 2.05) is 0 Å². The first-order valence-electron chi connectivity index (χ1n) is 9.24. The van der Waals surface area contributed by atoms with Crippen molar-refractivity contribution in [3.8, 4) is 0 Å². The first-order valence-corrected chi connectivity index (χ1v) is 0. The maximum Gasteiger partial charge on any atom is 0.115 e. The number of rotatable bonds is 0. The molecule has 0 spiro atoms. The Balaban J connectivity index is -0.00000000551. The predicted octanol–water partition coefficient (Wildman–Crippen LogP) is 3.23. The Labute approximate surface area is 130 Å². The highest BCUT2D eigenvalue weighted by atomic mass is 14.0. The zero-order valence-corrected chi connectivity index (χ0v) is 9.24. The zero-order chi connectivity index (χ0) is 32.0. The molecule has 0 aliphatic rings. The van der Waals surface area contributed by atoms with E-state index in [4.69, 9.17) is 22.6 Å². The molecule has 0 fully saturated rings. The fourth-order valence-electron chi connectivity index (χ4n) is 0. The van der Waals surface area contributed by atoms with E-state index in [0.717, 1.165) is 0 Å². The molecule has 0 saturated heterocycles. The van der Waals surface area contributed by atoms with Crippen molar-refractivity contribution in [3.05, 3.63) is 0 Å². The Morgan fingerprint density at radius 3 is 0.235 bits per heavy atom. The third kappa shape index (κ3) is 6690. The Hall–Kier alpha value is -0.640. The summed E-state index contributed by atoms with van der Waals surface area (Å²) < 4.78 is 84.0. The second-order valence-electron chi connectivity index (χ2n) is 0. The summed E-state index contributed by atoms with van der Waals surface area (Å²) in [6, 6.07) is 0. The van der Waals surface area contributed by atoms with Gasteiger partial charge in [-0.15, -0.1) is 0 Å². The van der Waals surface area contributed by atoms with Crippen LogP contribution < -0.4 is 98.3 Å². The van der Waals surface area contributed by atoms with Crippen molar-refractivity contribution < 1.29 is 22.6 Å². The molecule has 0 radical (unpaired) electrons. The highest BCUT2D eigenvalue weighted by Crippen LogP contribution is 0.144. The molecule has 0 unspecified atom stereocenters. The van der Waals surface area contributed by atoms with Crippen molar-refractivity contribution in [2.75, 3.05) is 0 Å². The summed E-state index contributed by atoms with van der Waals surface area (Å²) in [4.78, 5) is 0. The van der Waals surface area contributed by atoms with Crippen molar-refractivity contribution in [2.45, 2.75) is 7.43 Å². The van der Waals surface area contributed by atoms with Gasteiger partial charge in [-0.05, 0) is 0 Å². The van der Waals surface area contributed by atoms with Crippen LogP contribution in [0.1, 0.15) is 7.43 Å². The van der Waals surface area contributed by atoms with Crippen LogP contribution in [0, 0.1) is 0 Å². The van der Waals surface area contributed by atoms with E-state index < -0.39 is 0 Å². The van der Waals surface area contributed by atoms with Crippen molar-refractivity contribution in [1.29, 1.82) is 0 Å². The first kappa shape index (κ1) is 16.4. The normalized spacial score (nSPS) is 6.59. The topological polar surface area (TPSA) is 560 Å². The van der Waals surface area contributed by atoms with E-state index in [0.29, 0.717) is 0 Å². The van der Waals surface area contributed by atoms with Crippen LogP contribution in [0.3, 0.4) is 0 Å². The smallest absolute Gasteiger partial charge is 0.115 e. The summed E-state index contributed by atoms with van der Waals surface area (Å²) in [5.41, 5.74) is 0. The van der Waals surface area contributed by atoms with E-state index in [1.54, 1.807) is 0 Å². The lowest BCUT2D eigenvalue weighted by Crippen LogP contribution is -0.482. The highest BCUT2D eigenvalue weighted by Gasteiger charge is -0.0775. The maximum atomic E-state index is 5.25. The van der Waals surface area contributed by atoms with E-state index >= 15 is 0 Å². The Bertz CT molecular complexity index is 38.5. The molecular formula is CH52N16. The molecule has 0 aliphatic carbocycles. The molecule has 0 saturated carbocycles. The van der Waals surface area contributed by atoms with Gasteiger partial charge in [-0.3, -0.25) is 0 Å².